The van der Waals surface area contributed by atoms with Crippen LogP contribution in [-0.4, -0.2) is 46.1 Å². The van der Waals surface area contributed by atoms with E-state index in [2.05, 4.69) is 21.6 Å². The van der Waals surface area contributed by atoms with Crippen molar-refractivity contribution in [1.29, 1.82) is 0 Å². The maximum atomic E-state index is 13.0. The first-order chi connectivity index (χ1) is 12.5. The Morgan fingerprint density at radius 1 is 1.19 bits per heavy atom. The Bertz CT molecular complexity index is 991. The summed E-state index contributed by atoms with van der Waals surface area (Å²) in [5.41, 5.74) is 2.43. The van der Waals surface area contributed by atoms with Crippen LogP contribution in [-0.2, 0) is 16.6 Å². The van der Waals surface area contributed by atoms with Crippen molar-refractivity contribution in [2.24, 2.45) is 7.05 Å². The van der Waals surface area contributed by atoms with Crippen LogP contribution in [0.2, 0.25) is 0 Å². The molecule has 2 aromatic rings. The number of imidazole rings is 1. The third-order valence-corrected chi connectivity index (χ3v) is 5.97. The first-order valence-electron chi connectivity index (χ1n) is 9.08. The molecule has 0 spiro atoms. The van der Waals surface area contributed by atoms with Crippen LogP contribution in [0.4, 0.5) is 5.69 Å². The molecule has 3 aliphatic rings. The van der Waals surface area contributed by atoms with Gasteiger partial charge in [0.15, 0.2) is 0 Å². The van der Waals surface area contributed by atoms with E-state index in [-0.39, 0.29) is 18.0 Å². The zero-order chi connectivity index (χ0) is 18.0. The van der Waals surface area contributed by atoms with E-state index in [1.165, 1.54) is 0 Å². The monoisotopic (exact) mass is 355 g/mol. The summed E-state index contributed by atoms with van der Waals surface area (Å²) < 4.78 is 3.18. The van der Waals surface area contributed by atoms with Crippen molar-refractivity contribution in [3.63, 3.8) is 0 Å². The van der Waals surface area contributed by atoms with E-state index in [1.54, 1.807) is 16.2 Å². The van der Waals surface area contributed by atoms with Crippen LogP contribution in [0.15, 0.2) is 23.0 Å². The average Bonchev–Trinajstić information content (AvgIpc) is 3.31. The molecule has 3 atom stereocenters. The lowest BCUT2D eigenvalue weighted by Gasteiger charge is -2.30. The second-order valence-electron chi connectivity index (χ2n) is 7.47. The van der Waals surface area contributed by atoms with Crippen molar-refractivity contribution in [2.75, 3.05) is 18.0 Å². The number of carbonyl (C=O) groups excluding carboxylic acids is 2. The zero-order valence-electron chi connectivity index (χ0n) is 14.6. The van der Waals surface area contributed by atoms with Gasteiger partial charge in [-0.2, -0.15) is 0 Å². The molecule has 3 aliphatic heterocycles. The van der Waals surface area contributed by atoms with Gasteiger partial charge in [0, 0.05) is 38.6 Å². The molecule has 4 heterocycles. The summed E-state index contributed by atoms with van der Waals surface area (Å²) in [5, 5.41) is 5.85. The molecule has 5 rings (SSSR count). The molecule has 1 aromatic heterocycles. The van der Waals surface area contributed by atoms with Crippen molar-refractivity contribution < 1.29 is 9.59 Å². The van der Waals surface area contributed by atoms with Crippen LogP contribution in [0.25, 0.3) is 11.0 Å². The van der Waals surface area contributed by atoms with Crippen LogP contribution in [0, 0.1) is 0 Å². The Labute approximate surface area is 149 Å². The topological polar surface area (TPSA) is 88.4 Å². The molecule has 0 saturated carbocycles. The summed E-state index contributed by atoms with van der Waals surface area (Å²) in [4.78, 5) is 39.1. The van der Waals surface area contributed by atoms with E-state index >= 15 is 0 Å². The van der Waals surface area contributed by atoms with Gasteiger partial charge in [0.1, 0.15) is 6.04 Å². The molecule has 0 radical (unpaired) electrons. The highest BCUT2D eigenvalue weighted by atomic mass is 16.2. The fraction of sp³-hybridized carbons (Fsp3) is 0.500. The number of piperidine rings is 1. The Morgan fingerprint density at radius 2 is 2.04 bits per heavy atom. The molecular weight excluding hydrogens is 334 g/mol. The van der Waals surface area contributed by atoms with Crippen LogP contribution in [0.3, 0.4) is 0 Å². The number of piperazine rings is 1. The van der Waals surface area contributed by atoms with E-state index in [0.29, 0.717) is 18.5 Å². The molecule has 26 heavy (non-hydrogen) atoms. The molecule has 2 amide bonds. The van der Waals surface area contributed by atoms with Crippen LogP contribution in [0.1, 0.15) is 25.3 Å². The quantitative estimate of drug-likeness (QED) is 0.733. The Kier molecular flexibility index (Phi) is 3.27. The van der Waals surface area contributed by atoms with E-state index < -0.39 is 11.9 Å². The number of nitrogens with one attached hydrogen (secondary N) is 2. The predicted octanol–water partition coefficient (Wildman–Crippen LogP) is -0.132. The number of aryl methyl sites for hydroxylation is 1. The Hall–Kier alpha value is -2.61. The van der Waals surface area contributed by atoms with Gasteiger partial charge in [0.25, 0.3) is 0 Å². The summed E-state index contributed by atoms with van der Waals surface area (Å²) in [5.74, 6) is -0.675. The lowest BCUT2D eigenvalue weighted by molar-refractivity contribution is -0.135. The van der Waals surface area contributed by atoms with Crippen molar-refractivity contribution in [3.8, 4) is 0 Å². The molecule has 3 fully saturated rings. The molecule has 3 unspecified atom stereocenters. The van der Waals surface area contributed by atoms with Crippen molar-refractivity contribution in [3.05, 3.63) is 28.7 Å². The second-order valence-corrected chi connectivity index (χ2v) is 7.47. The molecule has 8 nitrogen and oxygen atoms in total. The number of carbonyl (C=O) groups is 2. The molecular formula is C18H21N5O3. The van der Waals surface area contributed by atoms with Gasteiger partial charge >= 0.3 is 5.69 Å². The number of amides is 2. The highest BCUT2D eigenvalue weighted by Crippen LogP contribution is 2.35. The van der Waals surface area contributed by atoms with Gasteiger partial charge in [-0.05, 0) is 25.0 Å². The molecule has 136 valence electrons. The van der Waals surface area contributed by atoms with Gasteiger partial charge in [-0.1, -0.05) is 6.07 Å². The summed E-state index contributed by atoms with van der Waals surface area (Å²) >= 11 is 0. The molecule has 2 bridgehead atoms. The largest absolute Gasteiger partial charge is 0.364 e. The number of aromatic nitrogens is 2. The van der Waals surface area contributed by atoms with Crippen LogP contribution < -0.4 is 21.2 Å². The highest BCUT2D eigenvalue weighted by molar-refractivity contribution is 6.00. The number of hydrogen-bond donors (Lipinski definition) is 2. The van der Waals surface area contributed by atoms with Gasteiger partial charge in [0.2, 0.25) is 11.8 Å². The smallest absolute Gasteiger partial charge is 0.329 e. The maximum absolute atomic E-state index is 13.0. The molecule has 8 heteroatoms. The Balaban J connectivity index is 1.66. The normalized spacial score (nSPS) is 28.2. The average molecular weight is 355 g/mol. The summed E-state index contributed by atoms with van der Waals surface area (Å²) in [6.45, 7) is 1.89. The Morgan fingerprint density at radius 3 is 2.73 bits per heavy atom. The van der Waals surface area contributed by atoms with E-state index in [9.17, 15) is 14.4 Å². The van der Waals surface area contributed by atoms with Crippen molar-refractivity contribution in [2.45, 2.75) is 37.4 Å². The number of benzene rings is 1. The highest BCUT2D eigenvalue weighted by Gasteiger charge is 2.39. The van der Waals surface area contributed by atoms with E-state index in [4.69, 9.17) is 0 Å². The van der Waals surface area contributed by atoms with Crippen molar-refractivity contribution >= 4 is 28.5 Å². The first kappa shape index (κ1) is 15.6. The summed E-state index contributed by atoms with van der Waals surface area (Å²) in [6, 6.07) is 6.19. The zero-order valence-corrected chi connectivity index (χ0v) is 14.6. The number of para-hydroxylation sites is 1. The fourth-order valence-electron chi connectivity index (χ4n) is 4.74. The third kappa shape index (κ3) is 2.08. The number of rotatable bonds is 2. The van der Waals surface area contributed by atoms with Gasteiger partial charge in [-0.25, -0.2) is 4.79 Å². The number of anilines is 1. The lowest BCUT2D eigenvalue weighted by atomic mass is 10.1. The predicted molar refractivity (Wildman–Crippen MR) is 96.1 cm³/mol. The molecule has 3 saturated heterocycles. The van der Waals surface area contributed by atoms with E-state index in [1.807, 2.05) is 12.1 Å². The van der Waals surface area contributed by atoms with Gasteiger partial charge in [-0.3, -0.25) is 24.0 Å². The third-order valence-electron chi connectivity index (χ3n) is 5.97. The van der Waals surface area contributed by atoms with E-state index in [0.717, 1.165) is 36.2 Å². The SMILES string of the molecule is Cn1c(=O)n(C2CCC(=O)NC2=O)c2cccc(N3CC4CC3CN4)c21. The molecule has 1 aromatic carbocycles. The number of imide groups is 1. The van der Waals surface area contributed by atoms with Gasteiger partial charge in [-0.15, -0.1) is 0 Å². The van der Waals surface area contributed by atoms with Crippen LogP contribution >= 0.6 is 0 Å². The number of hydrogen-bond acceptors (Lipinski definition) is 5. The lowest BCUT2D eigenvalue weighted by Crippen LogP contribution is -2.44. The minimum Gasteiger partial charge on any atom is -0.364 e. The second kappa shape index (κ2) is 5.44. The van der Waals surface area contributed by atoms with Crippen molar-refractivity contribution in [1.82, 2.24) is 19.8 Å². The minimum absolute atomic E-state index is 0.218. The van der Waals surface area contributed by atoms with Crippen LogP contribution in [0.5, 0.6) is 0 Å². The standard InChI is InChI=1S/C18H21N5O3/c1-21-16-12(22-9-10-7-11(22)8-19-10)3-2-4-13(16)23(18(21)26)14-5-6-15(24)20-17(14)25/h2-4,10-11,14,19H,5-9H2,1H3,(H,20,24,25). The van der Waals surface area contributed by atoms with Gasteiger partial charge < -0.3 is 10.2 Å². The fourth-order valence-corrected chi connectivity index (χ4v) is 4.74. The summed E-state index contributed by atoms with van der Waals surface area (Å²) in [7, 11) is 1.75. The minimum atomic E-state index is -0.643. The number of nitrogens with zero attached hydrogens (tertiary/aromatic N) is 3. The number of fused-ring (bicyclic) bond motifs is 3. The van der Waals surface area contributed by atoms with Gasteiger partial charge in [0.05, 0.1) is 16.7 Å². The summed E-state index contributed by atoms with van der Waals surface area (Å²) in [6.07, 6.45) is 1.73. The maximum Gasteiger partial charge on any atom is 0.329 e. The first-order valence-corrected chi connectivity index (χ1v) is 9.08. The molecule has 0 aliphatic carbocycles. The molecule has 2 N–H and O–H groups in total.